The maximum absolute atomic E-state index is 6.92. The molecule has 0 fully saturated rings. The molecule has 0 amide bonds. The molecule has 14 aromatic rings. The molecule has 524 valence electrons. The summed E-state index contributed by atoms with van der Waals surface area (Å²) in [6.07, 6.45) is 22.4. The molecular weight excluding hydrogens is 1450 g/mol. The smallest absolute Gasteiger partial charge is 0.521 e. The molecule has 0 atom stereocenters. The molecule has 8 heterocycles. The molecule has 0 radical (unpaired) electrons. The summed E-state index contributed by atoms with van der Waals surface area (Å²) in [5.41, 5.74) is 18.0. The molecule has 0 saturated carbocycles. The van der Waals surface area contributed by atoms with Gasteiger partial charge in [0.25, 0.3) is 0 Å². The predicted molar refractivity (Wildman–Crippen MR) is 409 cm³/mol. The van der Waals surface area contributed by atoms with E-state index in [1.165, 1.54) is 5.56 Å². The molecule has 0 unspecified atom stereocenters. The third kappa shape index (κ3) is 30.3. The van der Waals surface area contributed by atoms with E-state index in [-0.39, 0.29) is 76.8 Å². The average molecular weight is 1530 g/mol. The van der Waals surface area contributed by atoms with E-state index >= 15 is 0 Å². The molecule has 0 bridgehead atoms. The summed E-state index contributed by atoms with van der Waals surface area (Å²) in [5, 5.41) is 0. The minimum atomic E-state index is 0. The number of rotatable bonds is 8. The number of aromatic nitrogens is 8. The number of hydrogen-bond acceptors (Lipinski definition) is 8. The minimum absolute atomic E-state index is 0. The van der Waals surface area contributed by atoms with Crippen molar-refractivity contribution >= 4 is 0 Å². The van der Waals surface area contributed by atoms with E-state index in [0.717, 1.165) is 102 Å². The van der Waals surface area contributed by atoms with Crippen LogP contribution in [0.3, 0.4) is 0 Å². The van der Waals surface area contributed by atoms with Crippen molar-refractivity contribution in [1.29, 1.82) is 0 Å². The van der Waals surface area contributed by atoms with E-state index in [0.29, 0.717) is 0 Å². The van der Waals surface area contributed by atoms with Crippen molar-refractivity contribution < 1.29 is 66.0 Å². The number of hydrogen-bond donors (Lipinski definition) is 0. The molecule has 0 spiro atoms. The van der Waals surface area contributed by atoms with Gasteiger partial charge >= 0.3 is 66.0 Å². The molecule has 14 rings (SSSR count). The molecule has 0 aliphatic heterocycles. The van der Waals surface area contributed by atoms with E-state index in [1.54, 1.807) is 30.9 Å². The predicted octanol–water partition coefficient (Wildman–Crippen LogP) is 21.6. The van der Waals surface area contributed by atoms with Crippen LogP contribution in [0.25, 0.3) is 90.6 Å². The van der Waals surface area contributed by atoms with Gasteiger partial charge in [0.15, 0.2) is 0 Å². The second kappa shape index (κ2) is 48.1. The van der Waals surface area contributed by atoms with Crippen molar-refractivity contribution in [3.05, 3.63) is 402 Å². The van der Waals surface area contributed by atoms with Crippen LogP contribution in [0.5, 0.6) is 0 Å². The third-order valence-electron chi connectivity index (χ3n) is 14.0. The van der Waals surface area contributed by atoms with Crippen LogP contribution < -0.4 is 0 Å². The van der Waals surface area contributed by atoms with Gasteiger partial charge in [-0.1, -0.05) is 150 Å². The zero-order valence-electron chi connectivity index (χ0n) is 58.4. The number of pyridine rings is 8. The Kier molecular flexibility index (Phi) is 40.4. The first kappa shape index (κ1) is 87.3. The van der Waals surface area contributed by atoms with Crippen LogP contribution in [0.4, 0.5) is 0 Å². The van der Waals surface area contributed by atoms with Crippen LogP contribution in [-0.2, 0) is 71.4 Å². The van der Waals surface area contributed by atoms with Gasteiger partial charge in [0.05, 0.1) is 45.6 Å². The molecule has 8 aromatic heterocycles. The first-order valence-electron chi connectivity index (χ1n) is 32.2. The number of benzene rings is 6. The number of nitrogens with zero attached hydrogens (tertiary/aromatic N) is 8. The van der Waals surface area contributed by atoms with E-state index < -0.39 is 0 Å². The van der Waals surface area contributed by atoms with E-state index in [9.17, 15) is 0 Å². The fraction of sp³-hybridized carbons (Fsp3) is 0.0870. The summed E-state index contributed by atoms with van der Waals surface area (Å²) >= 11 is 0. The molecular formula is C92H76N8Ni4. The summed E-state index contributed by atoms with van der Waals surface area (Å²) in [7, 11) is 0. The third-order valence-corrected chi connectivity index (χ3v) is 14.0. The van der Waals surface area contributed by atoms with Gasteiger partial charge < -0.3 is 26.0 Å². The fourth-order valence-corrected chi connectivity index (χ4v) is 8.75. The molecule has 0 aliphatic rings. The van der Waals surface area contributed by atoms with Gasteiger partial charge in [-0.05, 0) is 107 Å². The quantitative estimate of drug-likeness (QED) is 0.0842. The van der Waals surface area contributed by atoms with Gasteiger partial charge in [-0.3, -0.25) is 64.4 Å². The zero-order valence-corrected chi connectivity index (χ0v) is 62.3. The monoisotopic (exact) mass is 1520 g/mol. The molecule has 8 nitrogen and oxygen atoms in total. The summed E-state index contributed by atoms with van der Waals surface area (Å²) < 4.78 is 0. The van der Waals surface area contributed by atoms with E-state index in [2.05, 4.69) is 143 Å². The molecule has 0 N–H and O–H groups in total. The van der Waals surface area contributed by atoms with Crippen LogP contribution in [-0.4, -0.2) is 39.9 Å². The Morgan fingerprint density at radius 3 is 0.731 bits per heavy atom. The Labute approximate surface area is 657 Å². The summed E-state index contributed by atoms with van der Waals surface area (Å²) in [4.78, 5) is 35.7. The summed E-state index contributed by atoms with van der Waals surface area (Å²) in [6.45, 7) is 24.9. The second-order valence-corrected chi connectivity index (χ2v) is 23.6. The van der Waals surface area contributed by atoms with Crippen molar-refractivity contribution in [1.82, 2.24) is 39.9 Å². The summed E-state index contributed by atoms with van der Waals surface area (Å²) in [6, 6.07) is 108. The van der Waals surface area contributed by atoms with Gasteiger partial charge in [0.2, 0.25) is 0 Å². The maximum atomic E-state index is 6.92. The Morgan fingerprint density at radius 2 is 0.529 bits per heavy atom. The molecule has 0 aliphatic carbocycles. The SMILES string of the molecule is [C-]#Cc1ccc(C(C)(C)C)cc1.[C-]#Cc1ccccc1.[CH-]=C.[CH-]=CC(C)(C)C.[Ni+2].[Ni+2].[Ni+2].[Ni+2].[c-]1ccccc1-c1cccc(-c2ccccn2)n1.[c-]1ccccc1-c1cccc(-c2ccccn2)n1.[c-]1ccccc1-c1cccc(-c2ccccn2)n1.[c-]1ccccc1-c1cccc(-c2ccccn2)n1. The molecule has 6 aromatic carbocycles. The molecule has 0 saturated heterocycles. The molecule has 12 heteroatoms. The van der Waals surface area contributed by atoms with Crippen molar-refractivity contribution in [2.45, 2.75) is 47.0 Å². The zero-order chi connectivity index (χ0) is 71.1. The van der Waals surface area contributed by atoms with E-state index in [4.69, 9.17) is 19.4 Å². The fourth-order valence-electron chi connectivity index (χ4n) is 8.75. The van der Waals surface area contributed by atoms with Crippen molar-refractivity contribution in [3.63, 3.8) is 0 Å². The van der Waals surface area contributed by atoms with Crippen molar-refractivity contribution in [3.8, 4) is 102 Å². The normalized spacial score (nSPS) is 9.62. The summed E-state index contributed by atoms with van der Waals surface area (Å²) in [5.74, 6) is 4.63. The van der Waals surface area contributed by atoms with Crippen molar-refractivity contribution in [2.75, 3.05) is 0 Å². The Hall–Kier alpha value is -10.9. The first-order valence-corrected chi connectivity index (χ1v) is 32.2. The topological polar surface area (TPSA) is 103 Å². The second-order valence-electron chi connectivity index (χ2n) is 23.6. The molecule has 104 heavy (non-hydrogen) atoms. The van der Waals surface area contributed by atoms with Crippen LogP contribution in [0.15, 0.2) is 335 Å². The van der Waals surface area contributed by atoms with Crippen LogP contribution >= 0.6 is 0 Å². The van der Waals surface area contributed by atoms with Crippen LogP contribution in [0.2, 0.25) is 0 Å². The Bertz CT molecular complexity index is 4020. The standard InChI is InChI=1S/4C16H11N2.C12H13.C8H5.C6H11.C2H3.4Ni/c4*1-2-7-13(8-3-1)14-10-6-11-16(18-14)15-9-4-5-12-17-15;1-5-10-6-8-11(9-7-10)12(2,3)4;1-2-8-6-4-3-5-7-8;1-5-6(2,3)4;1-2;;;;/h4*1-7,9-12H;6-9H,2-4H3;3-7H;1,5H,2-4H3;1H,2H2;;;;/q8*-1;4*+2. The first-order chi connectivity index (χ1) is 48.8. The van der Waals surface area contributed by atoms with Crippen LogP contribution in [0, 0.1) is 67.5 Å². The van der Waals surface area contributed by atoms with Gasteiger partial charge in [-0.15, -0.1) is 179 Å². The Morgan fingerprint density at radius 1 is 0.298 bits per heavy atom. The average Bonchev–Trinajstić information content (AvgIpc) is 0.842. The van der Waals surface area contributed by atoms with Gasteiger partial charge in [0, 0.05) is 24.8 Å². The van der Waals surface area contributed by atoms with Crippen LogP contribution in [0.1, 0.15) is 58.2 Å². The van der Waals surface area contributed by atoms with Gasteiger partial charge in [-0.25, -0.2) is 0 Å². The van der Waals surface area contributed by atoms with E-state index in [1.807, 2.05) is 285 Å². The number of allylic oxidation sites excluding steroid dienone is 1. The van der Waals surface area contributed by atoms with Gasteiger partial charge in [0.1, 0.15) is 0 Å². The van der Waals surface area contributed by atoms with Crippen molar-refractivity contribution in [2.24, 2.45) is 5.41 Å². The maximum Gasteiger partial charge on any atom is 2.00 e. The minimum Gasteiger partial charge on any atom is -0.521 e. The Balaban J connectivity index is 0.000000319. The largest absolute Gasteiger partial charge is 2.00 e. The van der Waals surface area contributed by atoms with Gasteiger partial charge in [-0.2, -0.15) is 0 Å².